The van der Waals surface area contributed by atoms with Crippen LogP contribution >= 0.6 is 11.6 Å². The molecule has 3 heterocycles. The molecule has 1 aliphatic heterocycles. The van der Waals surface area contributed by atoms with Gasteiger partial charge in [0.25, 0.3) is 0 Å². The Morgan fingerprint density at radius 1 is 1.14 bits per heavy atom. The molecular formula is C28H33ClFN5O. The molecule has 0 radical (unpaired) electrons. The van der Waals surface area contributed by atoms with Gasteiger partial charge in [-0.05, 0) is 72.2 Å². The highest BCUT2D eigenvalue weighted by Gasteiger charge is 2.54. The first-order valence-corrected chi connectivity index (χ1v) is 13.6. The number of amides is 1. The van der Waals surface area contributed by atoms with E-state index in [9.17, 15) is 9.18 Å². The number of nitrogens with zero attached hydrogens (tertiary/aromatic N) is 4. The van der Waals surface area contributed by atoms with Crippen molar-refractivity contribution in [3.63, 3.8) is 0 Å². The van der Waals surface area contributed by atoms with Crippen molar-refractivity contribution in [3.05, 3.63) is 52.9 Å². The Labute approximate surface area is 216 Å². The van der Waals surface area contributed by atoms with Crippen molar-refractivity contribution in [2.45, 2.75) is 63.1 Å². The maximum absolute atomic E-state index is 13.3. The number of likely N-dealkylation sites (tertiary alicyclic amines) is 1. The van der Waals surface area contributed by atoms with Crippen LogP contribution in [-0.2, 0) is 11.8 Å². The first kappa shape index (κ1) is 23.9. The molecule has 3 aliphatic rings. The highest BCUT2D eigenvalue weighted by molar-refractivity contribution is 6.32. The molecule has 1 amide bonds. The van der Waals surface area contributed by atoms with Gasteiger partial charge in [-0.15, -0.1) is 0 Å². The smallest absolute Gasteiger partial charge is 0.229 e. The fourth-order valence-corrected chi connectivity index (χ4v) is 6.91. The molecule has 2 aromatic heterocycles. The number of halogens is 2. The monoisotopic (exact) mass is 509 g/mol. The molecule has 3 unspecified atom stereocenters. The number of carbonyl (C=O) groups excluding carboxylic acids is 1. The van der Waals surface area contributed by atoms with Crippen molar-refractivity contribution in [1.82, 2.24) is 19.7 Å². The summed E-state index contributed by atoms with van der Waals surface area (Å²) in [7, 11) is 1.90. The number of aromatic nitrogens is 3. The van der Waals surface area contributed by atoms with Gasteiger partial charge in [-0.2, -0.15) is 5.10 Å². The Kier molecular flexibility index (Phi) is 6.24. The number of carbonyl (C=O) groups is 1. The van der Waals surface area contributed by atoms with E-state index in [0.29, 0.717) is 36.8 Å². The van der Waals surface area contributed by atoms with Gasteiger partial charge in [0.2, 0.25) is 5.91 Å². The SMILES string of the molecule is CCC1C(C(=O)Nc2cc3cc([C@H]4CC[C@H](N5CC(F)C5)CC4)c(Cl)cc3cn2)C1c1cnn(C)c1. The minimum atomic E-state index is -0.644. The Balaban J connectivity index is 1.16. The highest BCUT2D eigenvalue weighted by atomic mass is 35.5. The third-order valence-corrected chi connectivity index (χ3v) is 8.99. The van der Waals surface area contributed by atoms with Crippen molar-refractivity contribution in [1.29, 1.82) is 0 Å². The van der Waals surface area contributed by atoms with E-state index in [1.807, 2.05) is 31.6 Å². The van der Waals surface area contributed by atoms with Crippen molar-refractivity contribution < 1.29 is 9.18 Å². The zero-order valence-corrected chi connectivity index (χ0v) is 21.6. The minimum Gasteiger partial charge on any atom is -0.310 e. The second-order valence-electron chi connectivity index (χ2n) is 10.9. The maximum Gasteiger partial charge on any atom is 0.229 e. The van der Waals surface area contributed by atoms with Crippen LogP contribution in [0.2, 0.25) is 5.02 Å². The summed E-state index contributed by atoms with van der Waals surface area (Å²) in [6.45, 7) is 3.32. The molecule has 1 saturated heterocycles. The number of pyridine rings is 1. The quantitative estimate of drug-likeness (QED) is 0.464. The molecule has 2 aliphatic carbocycles. The van der Waals surface area contributed by atoms with Crippen molar-refractivity contribution in [2.75, 3.05) is 18.4 Å². The maximum atomic E-state index is 13.3. The summed E-state index contributed by atoms with van der Waals surface area (Å²) in [5, 5.41) is 10.1. The standard InChI is InChI=1S/C28H33ClFN5O/c1-3-22-26(19-12-32-34(2)13-19)27(22)28(36)33-25-10-17-8-23(24(29)9-18(17)11-31-25)16-4-6-21(7-5-16)35-14-20(30)15-35/h8-13,16,20-22,26-27H,3-7,14-15H2,1-2H3,(H,31,33,36)/t16-,21-,22?,26?,27?. The lowest BCUT2D eigenvalue weighted by Gasteiger charge is -2.43. The Morgan fingerprint density at radius 2 is 1.92 bits per heavy atom. The van der Waals surface area contributed by atoms with Crippen LogP contribution in [-0.4, -0.2) is 50.9 Å². The van der Waals surface area contributed by atoms with Gasteiger partial charge in [-0.25, -0.2) is 9.37 Å². The number of benzene rings is 1. The lowest BCUT2D eigenvalue weighted by molar-refractivity contribution is -0.117. The third-order valence-electron chi connectivity index (χ3n) is 8.66. The van der Waals surface area contributed by atoms with Crippen molar-refractivity contribution in [2.24, 2.45) is 18.9 Å². The predicted octanol–water partition coefficient (Wildman–Crippen LogP) is 5.68. The zero-order valence-electron chi connectivity index (χ0n) is 20.8. The number of hydrogen-bond acceptors (Lipinski definition) is 4. The number of fused-ring (bicyclic) bond motifs is 1. The van der Waals surface area contributed by atoms with Gasteiger partial charge in [0.1, 0.15) is 12.0 Å². The topological polar surface area (TPSA) is 63.1 Å². The highest BCUT2D eigenvalue weighted by Crippen LogP contribution is 2.56. The molecule has 3 aromatic rings. The molecule has 0 spiro atoms. The molecule has 3 fully saturated rings. The Bertz CT molecular complexity index is 1280. The van der Waals surface area contributed by atoms with Crippen LogP contribution in [0.1, 0.15) is 62.0 Å². The van der Waals surface area contributed by atoms with Gasteiger partial charge in [0, 0.05) is 60.8 Å². The fourth-order valence-electron chi connectivity index (χ4n) is 6.59. The van der Waals surface area contributed by atoms with Crippen molar-refractivity contribution >= 4 is 34.1 Å². The number of alkyl halides is 1. The summed E-state index contributed by atoms with van der Waals surface area (Å²) in [6, 6.07) is 6.63. The Hall–Kier alpha value is -2.51. The summed E-state index contributed by atoms with van der Waals surface area (Å²) < 4.78 is 15.1. The number of nitrogens with one attached hydrogen (secondary N) is 1. The molecular weight excluding hydrogens is 477 g/mol. The lowest BCUT2D eigenvalue weighted by atomic mass is 9.80. The van der Waals surface area contributed by atoms with Crippen LogP contribution in [0.15, 0.2) is 36.8 Å². The van der Waals surface area contributed by atoms with Crippen LogP contribution < -0.4 is 5.32 Å². The van der Waals surface area contributed by atoms with Gasteiger partial charge < -0.3 is 5.32 Å². The average Bonchev–Trinajstić information content (AvgIpc) is 3.44. The third kappa shape index (κ3) is 4.41. The summed E-state index contributed by atoms with van der Waals surface area (Å²) in [5.41, 5.74) is 2.30. The molecule has 8 heteroatoms. The lowest BCUT2D eigenvalue weighted by Crippen LogP contribution is -2.54. The van der Waals surface area contributed by atoms with E-state index in [2.05, 4.69) is 33.3 Å². The molecule has 1 aromatic carbocycles. The van der Waals surface area contributed by atoms with E-state index >= 15 is 0 Å². The fraction of sp³-hybridized carbons (Fsp3) is 0.536. The first-order chi connectivity index (χ1) is 17.4. The molecule has 0 bridgehead atoms. The summed E-state index contributed by atoms with van der Waals surface area (Å²) >= 11 is 6.71. The average molecular weight is 510 g/mol. The number of aryl methyl sites for hydroxylation is 1. The molecule has 6 rings (SSSR count). The van der Waals surface area contributed by atoms with E-state index in [1.54, 1.807) is 10.9 Å². The summed E-state index contributed by atoms with van der Waals surface area (Å²) in [4.78, 5) is 19.9. The summed E-state index contributed by atoms with van der Waals surface area (Å²) in [6.07, 6.45) is 10.3. The number of anilines is 1. The van der Waals surface area contributed by atoms with Gasteiger partial charge in [0.05, 0.1) is 6.20 Å². The minimum absolute atomic E-state index is 0.0246. The van der Waals surface area contributed by atoms with Crippen LogP contribution in [0.5, 0.6) is 0 Å². The second-order valence-corrected chi connectivity index (χ2v) is 11.3. The molecule has 6 nitrogen and oxygen atoms in total. The van der Waals surface area contributed by atoms with Crippen LogP contribution in [0.25, 0.3) is 10.8 Å². The number of rotatable bonds is 6. The van der Waals surface area contributed by atoms with Crippen LogP contribution in [0.4, 0.5) is 10.2 Å². The second kappa shape index (κ2) is 9.42. The van der Waals surface area contributed by atoms with E-state index < -0.39 is 6.17 Å². The van der Waals surface area contributed by atoms with Crippen LogP contribution in [0.3, 0.4) is 0 Å². The first-order valence-electron chi connectivity index (χ1n) is 13.2. The molecule has 36 heavy (non-hydrogen) atoms. The Morgan fingerprint density at radius 3 is 2.58 bits per heavy atom. The molecule has 190 valence electrons. The van der Waals surface area contributed by atoms with E-state index in [1.165, 1.54) is 5.56 Å². The van der Waals surface area contributed by atoms with Crippen molar-refractivity contribution in [3.8, 4) is 0 Å². The zero-order chi connectivity index (χ0) is 25.0. The number of hydrogen-bond donors (Lipinski definition) is 1. The molecule has 3 atom stereocenters. The van der Waals surface area contributed by atoms with E-state index in [0.717, 1.165) is 53.5 Å². The van der Waals surface area contributed by atoms with Crippen LogP contribution in [0, 0.1) is 11.8 Å². The largest absolute Gasteiger partial charge is 0.310 e. The van der Waals surface area contributed by atoms with Gasteiger partial charge in [-0.1, -0.05) is 24.9 Å². The van der Waals surface area contributed by atoms with Gasteiger partial charge >= 0.3 is 0 Å². The normalized spacial score (nSPS) is 28.7. The molecule has 1 N–H and O–H groups in total. The van der Waals surface area contributed by atoms with E-state index in [4.69, 9.17) is 11.6 Å². The summed E-state index contributed by atoms with van der Waals surface area (Å²) in [5.74, 6) is 1.51. The van der Waals surface area contributed by atoms with Gasteiger partial charge in [0.15, 0.2) is 0 Å². The molecule has 2 saturated carbocycles. The predicted molar refractivity (Wildman–Crippen MR) is 140 cm³/mol. The van der Waals surface area contributed by atoms with Gasteiger partial charge in [-0.3, -0.25) is 14.4 Å². The van der Waals surface area contributed by atoms with E-state index in [-0.39, 0.29) is 17.7 Å².